The molecule has 4 aliphatic rings. The number of hydrogen-bond acceptors (Lipinski definition) is 6. The van der Waals surface area contributed by atoms with Crippen LogP contribution in [0.25, 0.3) is 5.57 Å². The summed E-state index contributed by atoms with van der Waals surface area (Å²) in [5, 5.41) is 3.89. The molecule has 1 saturated heterocycles. The highest BCUT2D eigenvalue weighted by atomic mass is 16.5. The van der Waals surface area contributed by atoms with E-state index < -0.39 is 0 Å². The van der Waals surface area contributed by atoms with E-state index in [9.17, 15) is 9.59 Å². The summed E-state index contributed by atoms with van der Waals surface area (Å²) in [4.78, 5) is 32.0. The van der Waals surface area contributed by atoms with Crippen LogP contribution in [0.15, 0.2) is 42.1 Å². The Hall–Kier alpha value is -3.16. The van der Waals surface area contributed by atoms with Crippen LogP contribution >= 0.6 is 0 Å². The Morgan fingerprint density at radius 3 is 2.38 bits per heavy atom. The normalized spacial score (nSPS) is 21.2. The number of aryl methyl sites for hydroxylation is 1. The molecule has 1 amide bonds. The average Bonchev–Trinajstić information content (AvgIpc) is 3.61. The number of benzene rings is 2. The molecule has 42 heavy (non-hydrogen) atoms. The van der Waals surface area contributed by atoms with Gasteiger partial charge in [-0.25, -0.2) is 4.79 Å². The zero-order chi connectivity index (χ0) is 29.4. The monoisotopic (exact) mass is 570 g/mol. The number of carbonyl (C=O) groups is 2. The molecule has 0 atom stereocenters. The van der Waals surface area contributed by atoms with Crippen LogP contribution < -0.4 is 10.2 Å². The van der Waals surface area contributed by atoms with Gasteiger partial charge in [0.15, 0.2) is 0 Å². The number of rotatable bonds is 7. The molecule has 2 aliphatic carbocycles. The van der Waals surface area contributed by atoms with Gasteiger partial charge in [-0.15, -0.1) is 0 Å². The molecule has 0 bridgehead atoms. The van der Waals surface area contributed by atoms with Crippen molar-refractivity contribution >= 4 is 28.8 Å². The summed E-state index contributed by atoms with van der Waals surface area (Å²) < 4.78 is 4.95. The quantitative estimate of drug-likeness (QED) is 0.429. The zero-order valence-corrected chi connectivity index (χ0v) is 25.8. The molecule has 6 rings (SSSR count). The summed E-state index contributed by atoms with van der Waals surface area (Å²) in [6.07, 6.45) is 8.71. The second kappa shape index (κ2) is 11.8. The number of allylic oxidation sites excluding steroid dienone is 2. The number of methoxy groups -OCH3 is 1. The van der Waals surface area contributed by atoms with Crippen molar-refractivity contribution in [2.24, 2.45) is 11.3 Å². The van der Waals surface area contributed by atoms with E-state index in [0.29, 0.717) is 23.4 Å². The maximum atomic E-state index is 13.3. The molecule has 0 aromatic heterocycles. The van der Waals surface area contributed by atoms with E-state index in [-0.39, 0.29) is 11.9 Å². The standard InChI is InChI=1S/C35H46N4O3/c1-24-21-28(34(41)42-4)5-7-30(24)25(2)33(26-9-12-35(13-10-26)14-15-35)36-29-6-8-31-27(22-29)11-16-39(31)32(40)23-38-19-17-37(3)18-20-38/h5-8,21-22,26,36H,9-20,23H2,1-4H3/b33-25+. The van der Waals surface area contributed by atoms with Crippen LogP contribution in [0, 0.1) is 18.3 Å². The lowest BCUT2D eigenvalue weighted by molar-refractivity contribution is -0.120. The highest BCUT2D eigenvalue weighted by molar-refractivity contribution is 5.97. The number of ether oxygens (including phenoxy) is 1. The van der Waals surface area contributed by atoms with Gasteiger partial charge in [-0.2, -0.15) is 0 Å². The van der Waals surface area contributed by atoms with Gasteiger partial charge in [-0.3, -0.25) is 9.69 Å². The number of nitrogens with one attached hydrogen (secondary N) is 1. The predicted octanol–water partition coefficient (Wildman–Crippen LogP) is 5.73. The van der Waals surface area contributed by atoms with Crippen molar-refractivity contribution in [1.82, 2.24) is 9.80 Å². The Kier molecular flexibility index (Phi) is 8.16. The van der Waals surface area contributed by atoms with E-state index in [1.165, 1.54) is 68.0 Å². The molecule has 0 radical (unpaired) electrons. The smallest absolute Gasteiger partial charge is 0.337 e. The molecular formula is C35H46N4O3. The summed E-state index contributed by atoms with van der Waals surface area (Å²) in [6.45, 7) is 9.49. The largest absolute Gasteiger partial charge is 0.465 e. The summed E-state index contributed by atoms with van der Waals surface area (Å²) in [7, 11) is 3.57. The van der Waals surface area contributed by atoms with Gasteiger partial charge in [-0.05, 0) is 130 Å². The highest BCUT2D eigenvalue weighted by Crippen LogP contribution is 2.58. The van der Waals surface area contributed by atoms with Gasteiger partial charge < -0.3 is 19.9 Å². The van der Waals surface area contributed by atoms with Crippen molar-refractivity contribution in [3.05, 3.63) is 64.3 Å². The molecule has 224 valence electrons. The first-order valence-electron chi connectivity index (χ1n) is 15.8. The summed E-state index contributed by atoms with van der Waals surface area (Å²) in [5.41, 5.74) is 9.37. The minimum absolute atomic E-state index is 0.206. The molecule has 1 spiro atoms. The average molecular weight is 571 g/mol. The number of esters is 1. The molecular weight excluding hydrogens is 524 g/mol. The number of likely N-dealkylation sites (N-methyl/N-ethyl adjacent to an activating group) is 1. The van der Waals surface area contributed by atoms with Crippen molar-refractivity contribution < 1.29 is 14.3 Å². The molecule has 7 nitrogen and oxygen atoms in total. The molecule has 2 aliphatic heterocycles. The summed E-state index contributed by atoms with van der Waals surface area (Å²) in [5.74, 6) is 0.379. The Morgan fingerprint density at radius 1 is 0.976 bits per heavy atom. The zero-order valence-electron chi connectivity index (χ0n) is 25.8. The molecule has 2 aromatic carbocycles. The van der Waals surface area contributed by atoms with E-state index in [0.717, 1.165) is 56.1 Å². The predicted molar refractivity (Wildman–Crippen MR) is 169 cm³/mol. The molecule has 2 saturated carbocycles. The van der Waals surface area contributed by atoms with Crippen LogP contribution in [0.5, 0.6) is 0 Å². The van der Waals surface area contributed by atoms with Crippen LogP contribution in [-0.4, -0.2) is 75.1 Å². The number of fused-ring (bicyclic) bond motifs is 1. The molecule has 1 N–H and O–H groups in total. The fraction of sp³-hybridized carbons (Fsp3) is 0.543. The Balaban J connectivity index is 1.23. The number of anilines is 2. The lowest BCUT2D eigenvalue weighted by atomic mass is 9.77. The number of carbonyl (C=O) groups excluding carboxylic acids is 2. The second-order valence-corrected chi connectivity index (χ2v) is 13.2. The van der Waals surface area contributed by atoms with E-state index in [1.807, 2.05) is 17.0 Å². The third-order valence-electron chi connectivity index (χ3n) is 10.4. The van der Waals surface area contributed by atoms with Crippen LogP contribution in [0.3, 0.4) is 0 Å². The van der Waals surface area contributed by atoms with E-state index in [4.69, 9.17) is 4.74 Å². The van der Waals surface area contributed by atoms with Crippen LogP contribution in [0.2, 0.25) is 0 Å². The molecule has 2 aromatic rings. The SMILES string of the molecule is COC(=O)c1ccc(/C(C)=C(/Nc2ccc3c(c2)CCN3C(=O)CN2CCN(C)CC2)C2CCC3(CC2)CC3)c(C)c1. The van der Waals surface area contributed by atoms with Crippen LogP contribution in [0.4, 0.5) is 11.4 Å². The first-order chi connectivity index (χ1) is 20.2. The van der Waals surface area contributed by atoms with Gasteiger partial charge in [0, 0.05) is 49.8 Å². The lowest BCUT2D eigenvalue weighted by Crippen LogP contribution is -2.48. The highest BCUT2D eigenvalue weighted by Gasteiger charge is 2.45. The fourth-order valence-corrected chi connectivity index (χ4v) is 7.35. The molecule has 7 heteroatoms. The van der Waals surface area contributed by atoms with E-state index >= 15 is 0 Å². The lowest BCUT2D eigenvalue weighted by Gasteiger charge is -2.33. The van der Waals surface area contributed by atoms with Crippen molar-refractivity contribution in [2.75, 3.05) is 63.6 Å². The second-order valence-electron chi connectivity index (χ2n) is 13.2. The van der Waals surface area contributed by atoms with Crippen molar-refractivity contribution in [3.8, 4) is 0 Å². The maximum Gasteiger partial charge on any atom is 0.337 e. The molecule has 0 unspecified atom stereocenters. The first kappa shape index (κ1) is 28.9. The Bertz CT molecular complexity index is 1380. The van der Waals surface area contributed by atoms with Crippen molar-refractivity contribution in [2.45, 2.75) is 58.8 Å². The summed E-state index contributed by atoms with van der Waals surface area (Å²) in [6, 6.07) is 12.4. The van der Waals surface area contributed by atoms with Gasteiger partial charge in [0.05, 0.1) is 19.2 Å². The molecule has 3 fully saturated rings. The number of amides is 1. The minimum Gasteiger partial charge on any atom is -0.465 e. The van der Waals surface area contributed by atoms with Crippen LogP contribution in [0.1, 0.15) is 72.5 Å². The molecule has 2 heterocycles. The minimum atomic E-state index is -0.305. The fourth-order valence-electron chi connectivity index (χ4n) is 7.35. The number of hydrogen-bond donors (Lipinski definition) is 1. The van der Waals surface area contributed by atoms with E-state index in [1.54, 1.807) is 0 Å². The van der Waals surface area contributed by atoms with Gasteiger partial charge >= 0.3 is 5.97 Å². The topological polar surface area (TPSA) is 65.1 Å². The van der Waals surface area contributed by atoms with Gasteiger partial charge in [0.25, 0.3) is 0 Å². The van der Waals surface area contributed by atoms with E-state index in [2.05, 4.69) is 60.3 Å². The third kappa shape index (κ3) is 6.00. The summed E-state index contributed by atoms with van der Waals surface area (Å²) >= 11 is 0. The van der Waals surface area contributed by atoms with Gasteiger partial charge in [0.1, 0.15) is 0 Å². The first-order valence-corrected chi connectivity index (χ1v) is 15.8. The Labute approximate surface area is 250 Å². The number of piperazine rings is 1. The maximum absolute atomic E-state index is 13.3. The van der Waals surface area contributed by atoms with Gasteiger partial charge in [0.2, 0.25) is 5.91 Å². The van der Waals surface area contributed by atoms with Crippen molar-refractivity contribution in [1.29, 1.82) is 0 Å². The Morgan fingerprint density at radius 2 is 1.71 bits per heavy atom. The van der Waals surface area contributed by atoms with Crippen LogP contribution in [-0.2, 0) is 16.0 Å². The van der Waals surface area contributed by atoms with Crippen molar-refractivity contribution in [3.63, 3.8) is 0 Å². The third-order valence-corrected chi connectivity index (χ3v) is 10.4. The number of nitrogens with zero attached hydrogens (tertiary/aromatic N) is 3. The van der Waals surface area contributed by atoms with Gasteiger partial charge in [-0.1, -0.05) is 6.07 Å².